The van der Waals surface area contributed by atoms with Gasteiger partial charge in [0, 0.05) is 17.8 Å². The Morgan fingerprint density at radius 3 is 2.86 bits per heavy atom. The van der Waals surface area contributed by atoms with Gasteiger partial charge in [0.05, 0.1) is 0 Å². The van der Waals surface area contributed by atoms with Crippen molar-refractivity contribution in [1.29, 1.82) is 0 Å². The van der Waals surface area contributed by atoms with Crippen LogP contribution in [0, 0.1) is 5.92 Å². The Kier molecular flexibility index (Phi) is 3.37. The van der Waals surface area contributed by atoms with E-state index in [0.29, 0.717) is 6.04 Å². The number of hydrogen-bond acceptors (Lipinski definition) is 2. The molecular weight excluding hydrogens is 192 g/mol. The number of thioether (sulfide) groups is 1. The highest BCUT2D eigenvalue weighted by atomic mass is 32.2. The predicted molar refractivity (Wildman–Crippen MR) is 63.9 cm³/mol. The second-order valence-electron chi connectivity index (χ2n) is 4.63. The van der Waals surface area contributed by atoms with Crippen LogP contribution in [-0.2, 0) is 0 Å². The normalized spacial score (nSPS) is 35.7. The van der Waals surface area contributed by atoms with Crippen molar-refractivity contribution in [3.05, 3.63) is 0 Å². The molecule has 1 saturated heterocycles. The van der Waals surface area contributed by atoms with Gasteiger partial charge in [-0.15, -0.1) is 0 Å². The van der Waals surface area contributed by atoms with E-state index in [9.17, 15) is 0 Å². The molecule has 2 aliphatic rings. The van der Waals surface area contributed by atoms with E-state index in [2.05, 4.69) is 24.2 Å². The SMILES string of the molecule is CC1CC(C)SC(=NCCC2CC2)N1. The second-order valence-corrected chi connectivity index (χ2v) is 6.06. The number of nitrogens with one attached hydrogen (secondary N) is 1. The third-order valence-corrected chi connectivity index (χ3v) is 3.92. The number of aliphatic imine (C=N–C) groups is 1. The van der Waals surface area contributed by atoms with Gasteiger partial charge in [-0.2, -0.15) is 0 Å². The summed E-state index contributed by atoms with van der Waals surface area (Å²) >= 11 is 1.90. The van der Waals surface area contributed by atoms with Crippen molar-refractivity contribution < 1.29 is 0 Å². The monoisotopic (exact) mass is 212 g/mol. The zero-order valence-corrected chi connectivity index (χ0v) is 9.94. The van der Waals surface area contributed by atoms with Gasteiger partial charge in [-0.05, 0) is 25.7 Å². The van der Waals surface area contributed by atoms with E-state index < -0.39 is 0 Å². The van der Waals surface area contributed by atoms with Crippen LogP contribution in [0.2, 0.25) is 0 Å². The minimum absolute atomic E-state index is 0.603. The molecule has 0 radical (unpaired) electrons. The molecule has 0 aromatic heterocycles. The lowest BCUT2D eigenvalue weighted by Crippen LogP contribution is -2.38. The molecular formula is C11H20N2S. The topological polar surface area (TPSA) is 24.4 Å². The minimum Gasteiger partial charge on any atom is -0.362 e. The molecule has 1 aliphatic heterocycles. The predicted octanol–water partition coefficient (Wildman–Crippen LogP) is 2.65. The fourth-order valence-corrected chi connectivity index (χ4v) is 3.08. The zero-order valence-electron chi connectivity index (χ0n) is 9.12. The summed E-state index contributed by atoms with van der Waals surface area (Å²) in [4.78, 5) is 4.63. The van der Waals surface area contributed by atoms with Crippen molar-refractivity contribution in [2.45, 2.75) is 50.8 Å². The Hall–Kier alpha value is -0.180. The molecule has 80 valence electrons. The summed E-state index contributed by atoms with van der Waals surface area (Å²) in [5.74, 6) is 1.00. The third-order valence-electron chi connectivity index (χ3n) is 2.86. The second kappa shape index (κ2) is 4.56. The van der Waals surface area contributed by atoms with Gasteiger partial charge in [0.25, 0.3) is 0 Å². The van der Waals surface area contributed by atoms with Crippen LogP contribution < -0.4 is 5.32 Å². The molecule has 1 heterocycles. The van der Waals surface area contributed by atoms with Gasteiger partial charge in [-0.1, -0.05) is 31.5 Å². The van der Waals surface area contributed by atoms with Crippen molar-refractivity contribution in [1.82, 2.24) is 5.32 Å². The number of amidine groups is 1. The Labute approximate surface area is 90.9 Å². The fraction of sp³-hybridized carbons (Fsp3) is 0.909. The van der Waals surface area contributed by atoms with Gasteiger partial charge in [0.2, 0.25) is 0 Å². The Bertz CT molecular complexity index is 211. The molecule has 2 atom stereocenters. The van der Waals surface area contributed by atoms with Crippen molar-refractivity contribution in [3.8, 4) is 0 Å². The summed E-state index contributed by atoms with van der Waals surface area (Å²) in [6.45, 7) is 5.56. The quantitative estimate of drug-likeness (QED) is 0.778. The Morgan fingerprint density at radius 1 is 1.43 bits per heavy atom. The van der Waals surface area contributed by atoms with E-state index in [1.54, 1.807) is 0 Å². The molecule has 0 bridgehead atoms. The van der Waals surface area contributed by atoms with E-state index >= 15 is 0 Å². The van der Waals surface area contributed by atoms with Gasteiger partial charge in [0.1, 0.15) is 0 Å². The molecule has 14 heavy (non-hydrogen) atoms. The Morgan fingerprint density at radius 2 is 2.21 bits per heavy atom. The van der Waals surface area contributed by atoms with Crippen LogP contribution in [0.5, 0.6) is 0 Å². The first-order valence-electron chi connectivity index (χ1n) is 5.71. The molecule has 0 aromatic carbocycles. The lowest BCUT2D eigenvalue weighted by Gasteiger charge is -2.26. The first-order chi connectivity index (χ1) is 6.74. The average molecular weight is 212 g/mol. The van der Waals surface area contributed by atoms with Gasteiger partial charge >= 0.3 is 0 Å². The molecule has 0 amide bonds. The molecule has 1 saturated carbocycles. The Balaban J connectivity index is 1.76. The molecule has 2 nitrogen and oxygen atoms in total. The van der Waals surface area contributed by atoms with Crippen LogP contribution in [-0.4, -0.2) is 23.0 Å². The van der Waals surface area contributed by atoms with Crippen molar-refractivity contribution in [2.75, 3.05) is 6.54 Å². The highest BCUT2D eigenvalue weighted by Crippen LogP contribution is 2.32. The molecule has 1 aliphatic carbocycles. The van der Waals surface area contributed by atoms with E-state index in [4.69, 9.17) is 0 Å². The van der Waals surface area contributed by atoms with E-state index in [-0.39, 0.29) is 0 Å². The van der Waals surface area contributed by atoms with Crippen LogP contribution in [0.3, 0.4) is 0 Å². The van der Waals surface area contributed by atoms with Crippen LogP contribution in [0.1, 0.15) is 39.5 Å². The van der Waals surface area contributed by atoms with Gasteiger partial charge in [-0.3, -0.25) is 4.99 Å². The van der Waals surface area contributed by atoms with E-state index in [1.807, 2.05) is 11.8 Å². The molecule has 3 heteroatoms. The summed E-state index contributed by atoms with van der Waals surface area (Å²) in [5.41, 5.74) is 0. The first-order valence-corrected chi connectivity index (χ1v) is 6.59. The summed E-state index contributed by atoms with van der Waals surface area (Å²) in [6, 6.07) is 0.603. The lowest BCUT2D eigenvalue weighted by atomic mass is 10.2. The van der Waals surface area contributed by atoms with E-state index in [0.717, 1.165) is 17.7 Å². The number of hydrogen-bond donors (Lipinski definition) is 1. The summed E-state index contributed by atoms with van der Waals surface area (Å²) in [5, 5.41) is 5.36. The molecule has 2 unspecified atom stereocenters. The van der Waals surface area contributed by atoms with Crippen molar-refractivity contribution in [2.24, 2.45) is 10.9 Å². The maximum absolute atomic E-state index is 4.63. The summed E-state index contributed by atoms with van der Waals surface area (Å²) in [6.07, 6.45) is 5.44. The smallest absolute Gasteiger partial charge is 0.157 e. The largest absolute Gasteiger partial charge is 0.362 e. The lowest BCUT2D eigenvalue weighted by molar-refractivity contribution is 0.596. The highest BCUT2D eigenvalue weighted by molar-refractivity contribution is 8.14. The van der Waals surface area contributed by atoms with Crippen molar-refractivity contribution in [3.63, 3.8) is 0 Å². The summed E-state index contributed by atoms with van der Waals surface area (Å²) < 4.78 is 0. The van der Waals surface area contributed by atoms with Crippen LogP contribution in [0.25, 0.3) is 0 Å². The zero-order chi connectivity index (χ0) is 9.97. The number of nitrogens with zero attached hydrogens (tertiary/aromatic N) is 1. The van der Waals surface area contributed by atoms with Gasteiger partial charge in [-0.25, -0.2) is 0 Å². The maximum Gasteiger partial charge on any atom is 0.157 e. The van der Waals surface area contributed by atoms with Crippen molar-refractivity contribution >= 4 is 16.9 Å². The van der Waals surface area contributed by atoms with Crippen LogP contribution in [0.15, 0.2) is 4.99 Å². The summed E-state index contributed by atoms with van der Waals surface area (Å²) in [7, 11) is 0. The highest BCUT2D eigenvalue weighted by Gasteiger charge is 2.22. The van der Waals surface area contributed by atoms with Gasteiger partial charge in [0.15, 0.2) is 5.17 Å². The molecule has 2 rings (SSSR count). The average Bonchev–Trinajstić information content (AvgIpc) is 2.86. The fourth-order valence-electron chi connectivity index (χ4n) is 1.88. The maximum atomic E-state index is 4.63. The van der Waals surface area contributed by atoms with E-state index in [1.165, 1.54) is 30.9 Å². The number of rotatable bonds is 3. The standard InChI is InChI=1S/C11H20N2S/c1-8-7-9(2)14-11(13-8)12-6-5-10-3-4-10/h8-10H,3-7H2,1-2H3,(H,12,13). The van der Waals surface area contributed by atoms with Gasteiger partial charge < -0.3 is 5.32 Å². The first kappa shape index (κ1) is 10.3. The molecule has 0 spiro atoms. The van der Waals surface area contributed by atoms with Crippen LogP contribution >= 0.6 is 11.8 Å². The van der Waals surface area contributed by atoms with Crippen LogP contribution in [0.4, 0.5) is 0 Å². The molecule has 0 aromatic rings. The molecule has 1 N–H and O–H groups in total. The molecule has 2 fully saturated rings. The third kappa shape index (κ3) is 3.19. The minimum atomic E-state index is 0.603.